The lowest BCUT2D eigenvalue weighted by molar-refractivity contribution is -0.260. The molecular weight excluding hydrogens is 302 g/mol. The predicted octanol–water partition coefficient (Wildman–Crippen LogP) is 3.67. The smallest absolute Gasteiger partial charge is 0.299 e. The maximum absolute atomic E-state index is 11.7. The van der Waals surface area contributed by atoms with Gasteiger partial charge < -0.3 is 0 Å². The van der Waals surface area contributed by atoms with Crippen LogP contribution in [0.25, 0.3) is 11.1 Å². The number of nitrogens with zero attached hydrogens (tertiary/aromatic N) is 1. The van der Waals surface area contributed by atoms with Crippen molar-refractivity contribution in [3.63, 3.8) is 0 Å². The minimum absolute atomic E-state index is 0.0401. The molecule has 1 saturated heterocycles. The van der Waals surface area contributed by atoms with Crippen molar-refractivity contribution < 1.29 is 14.6 Å². The zero-order valence-electron chi connectivity index (χ0n) is 14.0. The van der Waals surface area contributed by atoms with Crippen LogP contribution in [0.3, 0.4) is 0 Å². The molecule has 1 fully saturated rings. The van der Waals surface area contributed by atoms with E-state index in [0.29, 0.717) is 0 Å². The number of carbonyl (C=O) groups is 1. The standard InChI is InChI=1S/C20H23NO3/c1-23-24-20(22)19-11-13-21(14-12-19)15-16-7-9-18(10-8-16)17-5-3-2-4-6-17/h2-10,19H,11-15H2,1H3. The maximum Gasteiger partial charge on any atom is 0.345 e. The van der Waals surface area contributed by atoms with Gasteiger partial charge in [0, 0.05) is 6.54 Å². The van der Waals surface area contributed by atoms with E-state index in [9.17, 15) is 4.79 Å². The second-order valence-electron chi connectivity index (χ2n) is 6.18. The van der Waals surface area contributed by atoms with E-state index in [-0.39, 0.29) is 11.9 Å². The summed E-state index contributed by atoms with van der Waals surface area (Å²) in [5.74, 6) is -0.286. The highest BCUT2D eigenvalue weighted by atomic mass is 17.2. The molecule has 0 atom stereocenters. The molecule has 4 heteroatoms. The van der Waals surface area contributed by atoms with Gasteiger partial charge in [0.15, 0.2) is 0 Å². The average molecular weight is 325 g/mol. The monoisotopic (exact) mass is 325 g/mol. The summed E-state index contributed by atoms with van der Waals surface area (Å²) in [5, 5.41) is 0. The van der Waals surface area contributed by atoms with Gasteiger partial charge in [-0.2, -0.15) is 4.89 Å². The fourth-order valence-corrected chi connectivity index (χ4v) is 3.17. The normalized spacial score (nSPS) is 16.0. The van der Waals surface area contributed by atoms with Crippen molar-refractivity contribution in [2.45, 2.75) is 19.4 Å². The zero-order valence-corrected chi connectivity index (χ0v) is 14.0. The fraction of sp³-hybridized carbons (Fsp3) is 0.350. The van der Waals surface area contributed by atoms with Crippen LogP contribution in [-0.4, -0.2) is 31.1 Å². The molecule has 0 saturated carbocycles. The highest BCUT2D eigenvalue weighted by Gasteiger charge is 2.26. The van der Waals surface area contributed by atoms with Gasteiger partial charge >= 0.3 is 5.97 Å². The van der Waals surface area contributed by atoms with Crippen molar-refractivity contribution >= 4 is 5.97 Å². The van der Waals surface area contributed by atoms with Crippen LogP contribution in [0, 0.1) is 5.92 Å². The highest BCUT2D eigenvalue weighted by Crippen LogP contribution is 2.22. The van der Waals surface area contributed by atoms with Crippen LogP contribution in [0.2, 0.25) is 0 Å². The van der Waals surface area contributed by atoms with Gasteiger partial charge in [-0.05, 0) is 42.6 Å². The Hall–Kier alpha value is -2.17. The number of carbonyl (C=O) groups excluding carboxylic acids is 1. The van der Waals surface area contributed by atoms with Crippen molar-refractivity contribution in [1.82, 2.24) is 4.90 Å². The largest absolute Gasteiger partial charge is 0.345 e. The Kier molecular flexibility index (Phi) is 5.62. The lowest BCUT2D eigenvalue weighted by atomic mass is 9.96. The van der Waals surface area contributed by atoms with E-state index in [1.165, 1.54) is 23.8 Å². The number of benzene rings is 2. The first kappa shape index (κ1) is 16.7. The zero-order chi connectivity index (χ0) is 16.8. The lowest BCUT2D eigenvalue weighted by Gasteiger charge is -2.30. The summed E-state index contributed by atoms with van der Waals surface area (Å²) < 4.78 is 0. The molecule has 2 aromatic carbocycles. The molecule has 4 nitrogen and oxygen atoms in total. The lowest BCUT2D eigenvalue weighted by Crippen LogP contribution is -2.36. The van der Waals surface area contributed by atoms with Crippen molar-refractivity contribution in [1.29, 1.82) is 0 Å². The number of hydrogen-bond acceptors (Lipinski definition) is 4. The predicted molar refractivity (Wildman–Crippen MR) is 93.0 cm³/mol. The molecule has 1 aliphatic rings. The van der Waals surface area contributed by atoms with Gasteiger partial charge in [-0.25, -0.2) is 4.79 Å². The summed E-state index contributed by atoms with van der Waals surface area (Å²) in [6.07, 6.45) is 1.65. The van der Waals surface area contributed by atoms with Gasteiger partial charge in [-0.1, -0.05) is 54.6 Å². The summed E-state index contributed by atoms with van der Waals surface area (Å²) in [6, 6.07) is 19.1. The summed E-state index contributed by atoms with van der Waals surface area (Å²) >= 11 is 0. The topological polar surface area (TPSA) is 38.8 Å². The third-order valence-corrected chi connectivity index (χ3v) is 4.55. The summed E-state index contributed by atoms with van der Waals surface area (Å²) in [7, 11) is 1.37. The number of piperidine rings is 1. The molecule has 2 aromatic rings. The molecule has 0 radical (unpaired) electrons. The van der Waals surface area contributed by atoms with Gasteiger partial charge in [0.25, 0.3) is 0 Å². The Balaban J connectivity index is 1.53. The van der Waals surface area contributed by atoms with E-state index < -0.39 is 0 Å². The fourth-order valence-electron chi connectivity index (χ4n) is 3.17. The molecule has 0 unspecified atom stereocenters. The molecule has 1 heterocycles. The van der Waals surface area contributed by atoms with Crippen LogP contribution in [0.4, 0.5) is 0 Å². The van der Waals surface area contributed by atoms with Crippen molar-refractivity contribution in [3.05, 3.63) is 60.2 Å². The SMILES string of the molecule is COOC(=O)C1CCN(Cc2ccc(-c3ccccc3)cc2)CC1. The van der Waals surface area contributed by atoms with E-state index in [1.807, 2.05) is 6.07 Å². The molecule has 3 rings (SSSR count). The van der Waals surface area contributed by atoms with Gasteiger partial charge in [0.2, 0.25) is 0 Å². The Morgan fingerprint density at radius 2 is 1.62 bits per heavy atom. The van der Waals surface area contributed by atoms with Crippen LogP contribution in [0.1, 0.15) is 18.4 Å². The first-order chi connectivity index (χ1) is 11.8. The minimum Gasteiger partial charge on any atom is -0.299 e. The molecule has 0 bridgehead atoms. The minimum atomic E-state index is -0.246. The second-order valence-corrected chi connectivity index (χ2v) is 6.18. The highest BCUT2D eigenvalue weighted by molar-refractivity contribution is 5.71. The van der Waals surface area contributed by atoms with Crippen LogP contribution in [0.15, 0.2) is 54.6 Å². The average Bonchev–Trinajstić information content (AvgIpc) is 2.64. The molecule has 0 aliphatic carbocycles. The Labute approximate surface area is 142 Å². The summed E-state index contributed by atoms with van der Waals surface area (Å²) in [6.45, 7) is 2.73. The summed E-state index contributed by atoms with van der Waals surface area (Å²) in [4.78, 5) is 23.1. The van der Waals surface area contributed by atoms with Crippen LogP contribution >= 0.6 is 0 Å². The molecule has 0 N–H and O–H groups in total. The number of likely N-dealkylation sites (tertiary alicyclic amines) is 1. The van der Waals surface area contributed by atoms with E-state index in [4.69, 9.17) is 0 Å². The molecule has 0 amide bonds. The first-order valence-electron chi connectivity index (χ1n) is 8.37. The quantitative estimate of drug-likeness (QED) is 0.621. The molecular formula is C20H23NO3. The van der Waals surface area contributed by atoms with Gasteiger partial charge in [0.05, 0.1) is 13.0 Å². The van der Waals surface area contributed by atoms with Gasteiger partial charge in [-0.15, -0.1) is 0 Å². The maximum atomic E-state index is 11.7. The molecule has 0 spiro atoms. The third-order valence-electron chi connectivity index (χ3n) is 4.55. The van der Waals surface area contributed by atoms with Gasteiger partial charge in [0.1, 0.15) is 0 Å². The van der Waals surface area contributed by atoms with E-state index >= 15 is 0 Å². The Bertz CT molecular complexity index is 646. The van der Waals surface area contributed by atoms with E-state index in [0.717, 1.165) is 32.5 Å². The second kappa shape index (κ2) is 8.08. The first-order valence-corrected chi connectivity index (χ1v) is 8.37. The molecule has 126 valence electrons. The van der Waals surface area contributed by atoms with Crippen molar-refractivity contribution in [2.24, 2.45) is 5.92 Å². The van der Waals surface area contributed by atoms with Crippen LogP contribution < -0.4 is 0 Å². The molecule has 1 aliphatic heterocycles. The summed E-state index contributed by atoms with van der Waals surface area (Å²) in [5.41, 5.74) is 3.77. The van der Waals surface area contributed by atoms with E-state index in [2.05, 4.69) is 63.2 Å². The van der Waals surface area contributed by atoms with Crippen LogP contribution in [0.5, 0.6) is 0 Å². The number of hydrogen-bond donors (Lipinski definition) is 0. The van der Waals surface area contributed by atoms with Crippen LogP contribution in [-0.2, 0) is 21.1 Å². The van der Waals surface area contributed by atoms with E-state index in [1.54, 1.807) is 0 Å². The Morgan fingerprint density at radius 3 is 2.25 bits per heavy atom. The molecule has 24 heavy (non-hydrogen) atoms. The van der Waals surface area contributed by atoms with Crippen molar-refractivity contribution in [2.75, 3.05) is 20.2 Å². The van der Waals surface area contributed by atoms with Crippen molar-refractivity contribution in [3.8, 4) is 11.1 Å². The Morgan fingerprint density at radius 1 is 1.00 bits per heavy atom. The molecule has 0 aromatic heterocycles. The number of rotatable bonds is 5. The van der Waals surface area contributed by atoms with Gasteiger partial charge in [-0.3, -0.25) is 9.79 Å². The third kappa shape index (κ3) is 4.22.